The molecule has 0 atom stereocenters. The molecule has 21 heavy (non-hydrogen) atoms. The molecule has 3 aromatic rings. The van der Waals surface area contributed by atoms with Gasteiger partial charge in [0.1, 0.15) is 11.5 Å². The van der Waals surface area contributed by atoms with Crippen molar-refractivity contribution < 1.29 is 13.6 Å². The van der Waals surface area contributed by atoms with Crippen LogP contribution in [0.2, 0.25) is 0 Å². The third-order valence-electron chi connectivity index (χ3n) is 3.29. The van der Waals surface area contributed by atoms with Crippen LogP contribution in [0, 0.1) is 0 Å². The first-order valence-electron chi connectivity index (χ1n) is 6.20. The second-order valence-electron chi connectivity index (χ2n) is 4.76. The van der Waals surface area contributed by atoms with Crippen LogP contribution in [0.25, 0.3) is 11.1 Å². The SMILES string of the molecule is CN(Cc1ccc(Br)o1)C(=O)c1cc2oc(Br)cc2n1C. The number of halogens is 2. The van der Waals surface area contributed by atoms with E-state index in [1.54, 1.807) is 24.1 Å². The molecule has 0 N–H and O–H groups in total. The number of rotatable bonds is 3. The van der Waals surface area contributed by atoms with E-state index in [1.165, 1.54) is 0 Å². The average Bonchev–Trinajstić information content (AvgIpc) is 3.07. The summed E-state index contributed by atoms with van der Waals surface area (Å²) in [6, 6.07) is 7.23. The monoisotopic (exact) mass is 414 g/mol. The van der Waals surface area contributed by atoms with Gasteiger partial charge < -0.3 is 18.3 Å². The molecule has 0 bridgehead atoms. The number of furan rings is 2. The third kappa shape index (κ3) is 2.67. The molecule has 0 aliphatic heterocycles. The lowest BCUT2D eigenvalue weighted by Gasteiger charge is -2.16. The molecule has 0 fully saturated rings. The Bertz CT molecular complexity index is 816. The molecule has 110 valence electrons. The standard InChI is InChI=1S/C14H12Br2N2O3/c1-17(7-8-3-4-12(15)20-8)14(19)10-5-11-9(18(10)2)6-13(16)21-11/h3-6H,7H2,1-2H3. The maximum absolute atomic E-state index is 12.5. The van der Waals surface area contributed by atoms with Crippen LogP contribution in [0.4, 0.5) is 0 Å². The van der Waals surface area contributed by atoms with E-state index in [4.69, 9.17) is 8.83 Å². The van der Waals surface area contributed by atoms with Gasteiger partial charge in [0.05, 0.1) is 12.1 Å². The Morgan fingerprint density at radius 1 is 1.24 bits per heavy atom. The first kappa shape index (κ1) is 14.5. The zero-order valence-electron chi connectivity index (χ0n) is 11.4. The van der Waals surface area contributed by atoms with Crippen molar-refractivity contribution in [3.05, 3.63) is 45.1 Å². The van der Waals surface area contributed by atoms with Gasteiger partial charge in [0, 0.05) is 26.2 Å². The number of aryl methyl sites for hydroxylation is 1. The first-order chi connectivity index (χ1) is 9.95. The highest BCUT2D eigenvalue weighted by atomic mass is 79.9. The summed E-state index contributed by atoms with van der Waals surface area (Å²) in [6.45, 7) is 0.403. The summed E-state index contributed by atoms with van der Waals surface area (Å²) in [5.74, 6) is 0.630. The van der Waals surface area contributed by atoms with Gasteiger partial charge in [-0.05, 0) is 44.0 Å². The predicted octanol–water partition coefficient (Wildman–Crippen LogP) is 4.16. The van der Waals surface area contributed by atoms with Crippen LogP contribution in [0.3, 0.4) is 0 Å². The van der Waals surface area contributed by atoms with Crippen molar-refractivity contribution >= 4 is 48.9 Å². The Kier molecular flexibility index (Phi) is 3.71. The number of aromatic nitrogens is 1. The van der Waals surface area contributed by atoms with Crippen molar-refractivity contribution in [2.75, 3.05) is 7.05 Å². The van der Waals surface area contributed by atoms with Crippen molar-refractivity contribution in [2.24, 2.45) is 7.05 Å². The zero-order valence-corrected chi connectivity index (χ0v) is 14.6. The summed E-state index contributed by atoms with van der Waals surface area (Å²) >= 11 is 6.53. The minimum Gasteiger partial charge on any atom is -0.452 e. The van der Waals surface area contributed by atoms with Gasteiger partial charge >= 0.3 is 0 Å². The molecular weight excluding hydrogens is 404 g/mol. The quantitative estimate of drug-likeness (QED) is 0.645. The van der Waals surface area contributed by atoms with Crippen LogP contribution in [0.15, 0.2) is 42.4 Å². The molecule has 0 saturated heterocycles. The lowest BCUT2D eigenvalue weighted by Crippen LogP contribution is -2.27. The molecule has 0 spiro atoms. The highest BCUT2D eigenvalue weighted by molar-refractivity contribution is 9.10. The number of nitrogens with zero attached hydrogens (tertiary/aromatic N) is 2. The van der Waals surface area contributed by atoms with Gasteiger partial charge in [-0.3, -0.25) is 4.79 Å². The summed E-state index contributed by atoms with van der Waals surface area (Å²) in [5.41, 5.74) is 2.13. The number of fused-ring (bicyclic) bond motifs is 1. The Hall–Kier alpha value is -1.47. The van der Waals surface area contributed by atoms with Crippen LogP contribution in [-0.2, 0) is 13.6 Å². The van der Waals surface area contributed by atoms with Crippen molar-refractivity contribution in [1.82, 2.24) is 9.47 Å². The zero-order chi connectivity index (χ0) is 15.1. The molecule has 3 rings (SSSR count). The number of hydrogen-bond donors (Lipinski definition) is 0. The Morgan fingerprint density at radius 2 is 2.00 bits per heavy atom. The first-order valence-corrected chi connectivity index (χ1v) is 7.78. The number of carbonyl (C=O) groups excluding carboxylic acids is 1. The summed E-state index contributed by atoms with van der Waals surface area (Å²) in [7, 11) is 3.58. The summed E-state index contributed by atoms with van der Waals surface area (Å²) in [4.78, 5) is 14.1. The summed E-state index contributed by atoms with van der Waals surface area (Å²) < 4.78 is 14.0. The predicted molar refractivity (Wildman–Crippen MR) is 85.1 cm³/mol. The molecule has 3 aromatic heterocycles. The van der Waals surface area contributed by atoms with Crippen molar-refractivity contribution in [2.45, 2.75) is 6.54 Å². The van der Waals surface area contributed by atoms with E-state index in [0.717, 1.165) is 11.3 Å². The van der Waals surface area contributed by atoms with Gasteiger partial charge in [0.15, 0.2) is 14.9 Å². The topological polar surface area (TPSA) is 51.5 Å². The van der Waals surface area contributed by atoms with Crippen LogP contribution in [0.1, 0.15) is 16.2 Å². The largest absolute Gasteiger partial charge is 0.452 e. The molecule has 0 saturated carbocycles. The Labute approximate surface area is 137 Å². The summed E-state index contributed by atoms with van der Waals surface area (Å²) in [5, 5.41) is 0. The van der Waals surface area contributed by atoms with Gasteiger partial charge in [-0.25, -0.2) is 0 Å². The third-order valence-corrected chi connectivity index (χ3v) is 4.11. The second kappa shape index (κ2) is 5.38. The average molecular weight is 416 g/mol. The molecular formula is C14H12Br2N2O3. The molecule has 0 radical (unpaired) electrons. The van der Waals surface area contributed by atoms with Crippen LogP contribution < -0.4 is 0 Å². The second-order valence-corrected chi connectivity index (χ2v) is 6.32. The van der Waals surface area contributed by atoms with Crippen molar-refractivity contribution in [3.8, 4) is 0 Å². The molecule has 1 amide bonds. The fourth-order valence-electron chi connectivity index (χ4n) is 2.22. The highest BCUT2D eigenvalue weighted by Crippen LogP contribution is 2.27. The Balaban J connectivity index is 1.85. The highest BCUT2D eigenvalue weighted by Gasteiger charge is 2.20. The van der Waals surface area contributed by atoms with E-state index in [1.807, 2.05) is 23.7 Å². The molecule has 0 unspecified atom stereocenters. The number of carbonyl (C=O) groups is 1. The van der Waals surface area contributed by atoms with Crippen LogP contribution in [-0.4, -0.2) is 22.4 Å². The van der Waals surface area contributed by atoms with Crippen LogP contribution >= 0.6 is 31.9 Å². The van der Waals surface area contributed by atoms with E-state index in [2.05, 4.69) is 31.9 Å². The minimum atomic E-state index is -0.0902. The molecule has 5 nitrogen and oxygen atoms in total. The lowest BCUT2D eigenvalue weighted by molar-refractivity contribution is 0.0766. The fraction of sp³-hybridized carbons (Fsp3) is 0.214. The van der Waals surface area contributed by atoms with E-state index in [9.17, 15) is 4.79 Å². The van der Waals surface area contributed by atoms with Gasteiger partial charge in [0.2, 0.25) is 0 Å². The summed E-state index contributed by atoms with van der Waals surface area (Å²) in [6.07, 6.45) is 0. The molecule has 0 aliphatic rings. The number of hydrogen-bond acceptors (Lipinski definition) is 3. The van der Waals surface area contributed by atoms with Gasteiger partial charge in [-0.2, -0.15) is 0 Å². The van der Waals surface area contributed by atoms with E-state index >= 15 is 0 Å². The number of amides is 1. The molecule has 3 heterocycles. The van der Waals surface area contributed by atoms with Gasteiger partial charge in [0.25, 0.3) is 5.91 Å². The minimum absolute atomic E-state index is 0.0902. The maximum atomic E-state index is 12.5. The van der Waals surface area contributed by atoms with E-state index < -0.39 is 0 Å². The molecule has 0 aromatic carbocycles. The smallest absolute Gasteiger partial charge is 0.270 e. The molecule has 7 heteroatoms. The van der Waals surface area contributed by atoms with Crippen molar-refractivity contribution in [1.29, 1.82) is 0 Å². The van der Waals surface area contributed by atoms with E-state index in [-0.39, 0.29) is 5.91 Å². The normalized spacial score (nSPS) is 11.2. The van der Waals surface area contributed by atoms with Crippen molar-refractivity contribution in [3.63, 3.8) is 0 Å². The molecule has 0 aliphatic carbocycles. The maximum Gasteiger partial charge on any atom is 0.270 e. The van der Waals surface area contributed by atoms with Crippen LogP contribution in [0.5, 0.6) is 0 Å². The van der Waals surface area contributed by atoms with E-state index in [0.29, 0.717) is 27.2 Å². The fourth-order valence-corrected chi connectivity index (χ4v) is 2.96. The van der Waals surface area contributed by atoms with Gasteiger partial charge in [-0.1, -0.05) is 0 Å². The lowest BCUT2D eigenvalue weighted by atomic mass is 10.3. The Morgan fingerprint density at radius 3 is 2.62 bits per heavy atom. The van der Waals surface area contributed by atoms with Gasteiger partial charge in [-0.15, -0.1) is 0 Å².